The normalized spacial score (nSPS) is 16.1. The van der Waals surface area contributed by atoms with Gasteiger partial charge in [-0.15, -0.1) is 0 Å². The predicted molar refractivity (Wildman–Crippen MR) is 142 cm³/mol. The van der Waals surface area contributed by atoms with E-state index in [1.807, 2.05) is 60.7 Å². The minimum atomic E-state index is -3.40. The Morgan fingerprint density at radius 2 is 1.43 bits per heavy atom. The third-order valence-corrected chi connectivity index (χ3v) is 8.55. The minimum absolute atomic E-state index is 0.102. The summed E-state index contributed by atoms with van der Waals surface area (Å²) in [5.74, 6) is 2.34. The van der Waals surface area contributed by atoms with Gasteiger partial charge in [0.2, 0.25) is 0 Å². The Balaban J connectivity index is 1.47. The molecule has 5 heteroatoms. The quantitative estimate of drug-likeness (QED) is 0.178. The van der Waals surface area contributed by atoms with Crippen LogP contribution in [0.1, 0.15) is 67.7 Å². The topological polar surface area (TPSA) is 44.8 Å². The Morgan fingerprint density at radius 3 is 2.06 bits per heavy atom. The lowest BCUT2D eigenvalue weighted by atomic mass is 9.90. The molecule has 1 aliphatic carbocycles. The molecule has 1 saturated carbocycles. The van der Waals surface area contributed by atoms with Gasteiger partial charge in [-0.1, -0.05) is 99.6 Å². The van der Waals surface area contributed by atoms with Crippen LogP contribution in [0, 0.1) is 5.92 Å². The van der Waals surface area contributed by atoms with Gasteiger partial charge in [0.15, 0.2) is 6.79 Å². The first-order chi connectivity index (χ1) is 17.0. The molecule has 3 aromatic rings. The third-order valence-electron chi connectivity index (χ3n) is 6.76. The molecule has 186 valence electrons. The van der Waals surface area contributed by atoms with Gasteiger partial charge >= 0.3 is 7.60 Å². The van der Waals surface area contributed by atoms with E-state index in [2.05, 4.69) is 39.0 Å². The molecule has 0 aromatic heterocycles. The minimum Gasteiger partial charge on any atom is -0.466 e. The molecule has 1 unspecified atom stereocenters. The molecule has 4 rings (SSSR count). The summed E-state index contributed by atoms with van der Waals surface area (Å²) in [6.45, 7) is 6.75. The number of rotatable bonds is 13. The zero-order valence-electron chi connectivity index (χ0n) is 21.1. The van der Waals surface area contributed by atoms with E-state index in [1.165, 1.54) is 18.4 Å². The van der Waals surface area contributed by atoms with Gasteiger partial charge in [-0.05, 0) is 59.3 Å². The maximum absolute atomic E-state index is 13.8. The van der Waals surface area contributed by atoms with Crippen LogP contribution in [0.15, 0.2) is 78.9 Å². The average Bonchev–Trinajstić information content (AvgIpc) is 3.73. The second-order valence-electron chi connectivity index (χ2n) is 9.77. The summed E-state index contributed by atoms with van der Waals surface area (Å²) in [6, 6.07) is 26.2. The number of aryl methyl sites for hydroxylation is 1. The van der Waals surface area contributed by atoms with Crippen molar-refractivity contribution >= 4 is 7.60 Å². The highest BCUT2D eigenvalue weighted by atomic mass is 31.2. The van der Waals surface area contributed by atoms with Crippen molar-refractivity contribution in [3.63, 3.8) is 0 Å². The molecule has 4 nitrogen and oxygen atoms in total. The third kappa shape index (κ3) is 7.30. The van der Waals surface area contributed by atoms with Crippen molar-refractivity contribution in [3.05, 3.63) is 101 Å². The van der Waals surface area contributed by atoms with Gasteiger partial charge in [-0.3, -0.25) is 9.09 Å². The van der Waals surface area contributed by atoms with Crippen LogP contribution >= 0.6 is 7.60 Å². The highest BCUT2D eigenvalue weighted by Crippen LogP contribution is 2.50. The molecule has 0 aliphatic heterocycles. The lowest BCUT2D eigenvalue weighted by Gasteiger charge is -2.23. The summed E-state index contributed by atoms with van der Waals surface area (Å²) in [7, 11) is -3.40. The zero-order chi connectivity index (χ0) is 24.7. The lowest BCUT2D eigenvalue weighted by Crippen LogP contribution is -2.11. The summed E-state index contributed by atoms with van der Waals surface area (Å²) in [6.07, 6.45) is 3.44. The van der Waals surface area contributed by atoms with E-state index >= 15 is 0 Å². The van der Waals surface area contributed by atoms with Crippen molar-refractivity contribution in [2.24, 2.45) is 5.92 Å². The van der Waals surface area contributed by atoms with Gasteiger partial charge in [0.25, 0.3) is 0 Å². The van der Waals surface area contributed by atoms with Crippen LogP contribution in [0.5, 0.6) is 5.75 Å². The monoisotopic (exact) mass is 492 g/mol. The van der Waals surface area contributed by atoms with Crippen molar-refractivity contribution in [1.29, 1.82) is 0 Å². The fourth-order valence-corrected chi connectivity index (χ4v) is 5.82. The van der Waals surface area contributed by atoms with E-state index in [9.17, 15) is 4.57 Å². The van der Waals surface area contributed by atoms with E-state index in [-0.39, 0.29) is 13.4 Å². The average molecular weight is 493 g/mol. The Kier molecular flexibility index (Phi) is 8.83. The summed E-state index contributed by atoms with van der Waals surface area (Å²) in [5, 5.41) is 0. The Morgan fingerprint density at radius 1 is 0.800 bits per heavy atom. The van der Waals surface area contributed by atoms with Crippen LogP contribution in [0.25, 0.3) is 0 Å². The Bertz CT molecular complexity index is 1060. The predicted octanol–water partition coefficient (Wildman–Crippen LogP) is 8.33. The number of hydrogen-bond acceptors (Lipinski definition) is 4. The van der Waals surface area contributed by atoms with Gasteiger partial charge in [-0.25, -0.2) is 0 Å². The second kappa shape index (κ2) is 12.0. The Hall–Kier alpha value is -2.39. The highest BCUT2D eigenvalue weighted by Gasteiger charge is 2.32. The van der Waals surface area contributed by atoms with Crippen LogP contribution in [0.2, 0.25) is 0 Å². The zero-order valence-corrected chi connectivity index (χ0v) is 22.0. The van der Waals surface area contributed by atoms with Crippen LogP contribution < -0.4 is 4.74 Å². The molecule has 0 N–H and O–H groups in total. The van der Waals surface area contributed by atoms with Crippen molar-refractivity contribution in [2.75, 3.05) is 13.0 Å². The summed E-state index contributed by atoms with van der Waals surface area (Å²) in [4.78, 5) is 0. The Labute approximate surface area is 210 Å². The smallest absolute Gasteiger partial charge is 0.334 e. The number of ether oxygens (including phenoxy) is 1. The van der Waals surface area contributed by atoms with E-state index in [0.717, 1.165) is 22.4 Å². The second-order valence-corrected chi connectivity index (χ2v) is 12.0. The molecular formula is C30H37O4P. The van der Waals surface area contributed by atoms with Crippen molar-refractivity contribution < 1.29 is 18.3 Å². The molecule has 35 heavy (non-hydrogen) atoms. The van der Waals surface area contributed by atoms with E-state index in [4.69, 9.17) is 13.8 Å². The molecule has 0 radical (unpaired) electrons. The number of hydrogen-bond donors (Lipinski definition) is 0. The fourth-order valence-electron chi connectivity index (χ4n) is 4.39. The molecule has 2 atom stereocenters. The summed E-state index contributed by atoms with van der Waals surface area (Å²) in [5.41, 5.74) is 4.43. The molecule has 0 saturated heterocycles. The van der Waals surface area contributed by atoms with Gasteiger partial charge < -0.3 is 9.26 Å². The molecule has 1 fully saturated rings. The van der Waals surface area contributed by atoms with E-state index in [1.54, 1.807) is 0 Å². The fraction of sp³-hybridized carbons (Fsp3) is 0.400. The van der Waals surface area contributed by atoms with Gasteiger partial charge in [0, 0.05) is 0 Å². The van der Waals surface area contributed by atoms with Crippen LogP contribution in [0.4, 0.5) is 0 Å². The number of para-hydroxylation sites is 1. The molecule has 0 spiro atoms. The van der Waals surface area contributed by atoms with Crippen LogP contribution in [-0.2, 0) is 26.6 Å². The molecular weight excluding hydrogens is 455 g/mol. The van der Waals surface area contributed by atoms with Gasteiger partial charge in [0.1, 0.15) is 5.75 Å². The molecule has 0 heterocycles. The van der Waals surface area contributed by atoms with Gasteiger partial charge in [0.05, 0.1) is 12.8 Å². The van der Waals surface area contributed by atoms with Crippen LogP contribution in [0.3, 0.4) is 0 Å². The maximum Gasteiger partial charge on any atom is 0.334 e. The summed E-state index contributed by atoms with van der Waals surface area (Å²) >= 11 is 0. The van der Waals surface area contributed by atoms with Gasteiger partial charge in [-0.2, -0.15) is 0 Å². The lowest BCUT2D eigenvalue weighted by molar-refractivity contribution is 0.0893. The van der Waals surface area contributed by atoms with Crippen molar-refractivity contribution in [2.45, 2.75) is 58.5 Å². The first kappa shape index (κ1) is 25.7. The highest BCUT2D eigenvalue weighted by molar-refractivity contribution is 7.53. The molecule has 1 aliphatic rings. The first-order valence-electron chi connectivity index (χ1n) is 12.7. The first-order valence-corrected chi connectivity index (χ1v) is 14.4. The SMILES string of the molecule is CC(C)c1cccc([C@H](C)C2CC2)c1OCOP(=O)(CCc1ccccc1)OCc1ccccc1. The largest absolute Gasteiger partial charge is 0.466 e. The summed E-state index contributed by atoms with van der Waals surface area (Å²) < 4.78 is 31.9. The van der Waals surface area contributed by atoms with Crippen LogP contribution in [-0.4, -0.2) is 13.0 Å². The van der Waals surface area contributed by atoms with E-state index < -0.39 is 7.60 Å². The molecule has 0 amide bonds. The van der Waals surface area contributed by atoms with E-state index in [0.29, 0.717) is 30.3 Å². The molecule has 0 bridgehead atoms. The van der Waals surface area contributed by atoms with Crippen molar-refractivity contribution in [3.8, 4) is 5.75 Å². The maximum atomic E-state index is 13.8. The van der Waals surface area contributed by atoms with Crippen molar-refractivity contribution in [1.82, 2.24) is 0 Å². The standard InChI is InChI=1S/C30H37O4P/c1-23(2)28-15-10-16-29(24(3)27-17-18-27)30(28)32-22-34-35(31,20-19-25-11-6-4-7-12-25)33-21-26-13-8-5-9-14-26/h4-16,23-24,27H,17-22H2,1-3H3/t24-,35?/m1/s1. The molecule has 3 aromatic carbocycles. The number of benzene rings is 3.